The van der Waals surface area contributed by atoms with E-state index >= 15 is 0 Å². The predicted molar refractivity (Wildman–Crippen MR) is 70.2 cm³/mol. The van der Waals surface area contributed by atoms with Crippen molar-refractivity contribution in [3.05, 3.63) is 29.6 Å². The second-order valence-corrected chi connectivity index (χ2v) is 6.91. The molecule has 2 N–H and O–H groups in total. The van der Waals surface area contributed by atoms with E-state index in [9.17, 15) is 17.6 Å². The molecule has 0 aromatic heterocycles. The molecule has 1 aromatic rings. The van der Waals surface area contributed by atoms with Crippen LogP contribution in [0.1, 0.15) is 24.8 Å². The zero-order valence-corrected chi connectivity index (χ0v) is 11.8. The number of aliphatic carboxylic acids is 1. The molecule has 110 valence electrons. The molecule has 0 radical (unpaired) electrons. The van der Waals surface area contributed by atoms with Crippen LogP contribution in [0.2, 0.25) is 0 Å². The molecule has 0 unspecified atom stereocenters. The molecule has 7 heteroatoms. The van der Waals surface area contributed by atoms with E-state index in [2.05, 4.69) is 4.72 Å². The number of benzene rings is 1. The van der Waals surface area contributed by atoms with E-state index in [0.717, 1.165) is 12.5 Å². The number of aryl methyl sites for hydroxylation is 1. The maximum Gasteiger partial charge on any atom is 0.310 e. The summed E-state index contributed by atoms with van der Waals surface area (Å²) < 4.78 is 39.8. The number of carboxylic acid groups (broad SMARTS) is 1. The summed E-state index contributed by atoms with van der Waals surface area (Å²) in [5.41, 5.74) is -0.606. The second-order valence-electron chi connectivity index (χ2n) is 5.17. The SMILES string of the molecule is Cc1ccc(F)cc1S(=O)(=O)NCC1(C(=O)O)CCC1. The van der Waals surface area contributed by atoms with Gasteiger partial charge in [0.25, 0.3) is 0 Å². The quantitative estimate of drug-likeness (QED) is 0.866. The molecule has 0 saturated heterocycles. The highest BCUT2D eigenvalue weighted by molar-refractivity contribution is 7.89. The van der Waals surface area contributed by atoms with Crippen LogP contribution in [-0.2, 0) is 14.8 Å². The Morgan fingerprint density at radius 2 is 2.10 bits per heavy atom. The molecular weight excluding hydrogens is 285 g/mol. The van der Waals surface area contributed by atoms with Gasteiger partial charge in [-0.15, -0.1) is 0 Å². The number of hydrogen-bond donors (Lipinski definition) is 2. The summed E-state index contributed by atoms with van der Waals surface area (Å²) in [5, 5.41) is 9.16. The smallest absolute Gasteiger partial charge is 0.310 e. The fourth-order valence-electron chi connectivity index (χ4n) is 2.24. The van der Waals surface area contributed by atoms with Gasteiger partial charge in [-0.05, 0) is 37.5 Å². The van der Waals surface area contributed by atoms with Crippen molar-refractivity contribution in [3.63, 3.8) is 0 Å². The fourth-order valence-corrected chi connectivity index (χ4v) is 3.63. The first-order valence-corrected chi connectivity index (χ1v) is 7.74. The summed E-state index contributed by atoms with van der Waals surface area (Å²) in [5.74, 6) is -1.64. The second kappa shape index (κ2) is 5.14. The Morgan fingerprint density at radius 1 is 1.45 bits per heavy atom. The highest BCUT2D eigenvalue weighted by Crippen LogP contribution is 2.40. The summed E-state index contributed by atoms with van der Waals surface area (Å²) in [6.07, 6.45) is 1.67. The van der Waals surface area contributed by atoms with Crippen molar-refractivity contribution in [1.29, 1.82) is 0 Å². The van der Waals surface area contributed by atoms with Crippen molar-refractivity contribution in [2.45, 2.75) is 31.1 Å². The monoisotopic (exact) mass is 301 g/mol. The lowest BCUT2D eigenvalue weighted by atomic mass is 9.69. The number of hydrogen-bond acceptors (Lipinski definition) is 3. The maximum atomic E-state index is 13.2. The lowest BCUT2D eigenvalue weighted by Gasteiger charge is -2.37. The number of rotatable bonds is 5. The van der Waals surface area contributed by atoms with Crippen molar-refractivity contribution in [2.75, 3.05) is 6.54 Å². The molecule has 1 aliphatic carbocycles. The summed E-state index contributed by atoms with van der Waals surface area (Å²) in [6, 6.07) is 3.49. The molecule has 5 nitrogen and oxygen atoms in total. The minimum Gasteiger partial charge on any atom is -0.481 e. The zero-order chi connectivity index (χ0) is 15.0. The van der Waals surface area contributed by atoms with Gasteiger partial charge in [0.15, 0.2) is 0 Å². The Morgan fingerprint density at radius 3 is 2.60 bits per heavy atom. The number of halogens is 1. The first-order chi connectivity index (χ1) is 9.27. The molecule has 1 saturated carbocycles. The minimum absolute atomic E-state index is 0.155. The molecule has 0 aliphatic heterocycles. The van der Waals surface area contributed by atoms with E-state index in [-0.39, 0.29) is 11.4 Å². The van der Waals surface area contributed by atoms with E-state index in [1.165, 1.54) is 12.1 Å². The van der Waals surface area contributed by atoms with E-state index < -0.39 is 27.2 Å². The zero-order valence-electron chi connectivity index (χ0n) is 11.0. The van der Waals surface area contributed by atoms with Crippen LogP contribution in [-0.4, -0.2) is 26.0 Å². The van der Waals surface area contributed by atoms with Crippen LogP contribution in [0.15, 0.2) is 23.1 Å². The van der Waals surface area contributed by atoms with Crippen LogP contribution in [0.3, 0.4) is 0 Å². The average Bonchev–Trinajstić information content (AvgIpc) is 2.30. The Kier molecular flexibility index (Phi) is 3.84. The van der Waals surface area contributed by atoms with Crippen molar-refractivity contribution in [3.8, 4) is 0 Å². The third-order valence-corrected chi connectivity index (χ3v) is 5.35. The van der Waals surface area contributed by atoms with Crippen molar-refractivity contribution in [1.82, 2.24) is 4.72 Å². The Bertz CT molecular complexity index is 638. The summed E-state index contributed by atoms with van der Waals surface area (Å²) in [7, 11) is -3.91. The standard InChI is InChI=1S/C13H16FNO4S/c1-9-3-4-10(14)7-11(9)20(18,19)15-8-13(12(16)17)5-2-6-13/h3-4,7,15H,2,5-6,8H2,1H3,(H,16,17). The highest BCUT2D eigenvalue weighted by Gasteiger charge is 2.45. The normalized spacial score (nSPS) is 17.5. The molecular formula is C13H16FNO4S. The van der Waals surface area contributed by atoms with E-state index in [1.54, 1.807) is 6.92 Å². The van der Waals surface area contributed by atoms with Crippen molar-refractivity contribution >= 4 is 16.0 Å². The summed E-state index contributed by atoms with van der Waals surface area (Å²) in [4.78, 5) is 11.0. The first kappa shape index (κ1) is 14.9. The van der Waals surface area contributed by atoms with Crippen LogP contribution in [0.25, 0.3) is 0 Å². The summed E-state index contributed by atoms with van der Waals surface area (Å²) >= 11 is 0. The largest absolute Gasteiger partial charge is 0.481 e. The highest BCUT2D eigenvalue weighted by atomic mass is 32.2. The van der Waals surface area contributed by atoms with Gasteiger partial charge in [-0.1, -0.05) is 12.5 Å². The molecule has 0 atom stereocenters. The Balaban J connectivity index is 2.20. The molecule has 20 heavy (non-hydrogen) atoms. The van der Waals surface area contributed by atoms with Crippen LogP contribution in [0.5, 0.6) is 0 Å². The number of carbonyl (C=O) groups is 1. The van der Waals surface area contributed by atoms with Crippen LogP contribution in [0.4, 0.5) is 4.39 Å². The Hall–Kier alpha value is -1.47. The third-order valence-electron chi connectivity index (χ3n) is 3.80. The van der Waals surface area contributed by atoms with Gasteiger partial charge in [-0.3, -0.25) is 4.79 Å². The van der Waals surface area contributed by atoms with E-state index in [0.29, 0.717) is 18.4 Å². The number of carboxylic acids is 1. The van der Waals surface area contributed by atoms with E-state index in [1.807, 2.05) is 0 Å². The van der Waals surface area contributed by atoms with Crippen molar-refractivity contribution < 1.29 is 22.7 Å². The van der Waals surface area contributed by atoms with Gasteiger partial charge in [0.1, 0.15) is 5.82 Å². The average molecular weight is 301 g/mol. The molecule has 0 heterocycles. The van der Waals surface area contributed by atoms with Gasteiger partial charge in [0.2, 0.25) is 10.0 Å². The van der Waals surface area contributed by atoms with E-state index in [4.69, 9.17) is 5.11 Å². The third kappa shape index (κ3) is 2.69. The summed E-state index contributed by atoms with van der Waals surface area (Å²) in [6.45, 7) is 1.39. The molecule has 1 aliphatic rings. The Labute approximate surface area is 116 Å². The van der Waals surface area contributed by atoms with Gasteiger partial charge < -0.3 is 5.11 Å². The first-order valence-electron chi connectivity index (χ1n) is 6.26. The predicted octanol–water partition coefficient (Wildman–Crippen LogP) is 1.67. The van der Waals surface area contributed by atoms with Crippen LogP contribution in [0, 0.1) is 18.2 Å². The maximum absolute atomic E-state index is 13.2. The lowest BCUT2D eigenvalue weighted by molar-refractivity contribution is -0.153. The van der Waals surface area contributed by atoms with Gasteiger partial charge in [-0.25, -0.2) is 17.5 Å². The molecule has 1 aromatic carbocycles. The van der Waals surface area contributed by atoms with Gasteiger partial charge in [0, 0.05) is 6.54 Å². The topological polar surface area (TPSA) is 83.5 Å². The molecule has 2 rings (SSSR count). The van der Waals surface area contributed by atoms with Crippen LogP contribution < -0.4 is 4.72 Å². The minimum atomic E-state index is -3.91. The number of sulfonamides is 1. The number of nitrogens with one attached hydrogen (secondary N) is 1. The molecule has 0 spiro atoms. The fraction of sp³-hybridized carbons (Fsp3) is 0.462. The lowest BCUT2D eigenvalue weighted by Crippen LogP contribution is -2.47. The van der Waals surface area contributed by atoms with Crippen LogP contribution >= 0.6 is 0 Å². The van der Waals surface area contributed by atoms with Gasteiger partial charge >= 0.3 is 5.97 Å². The molecule has 0 bridgehead atoms. The van der Waals surface area contributed by atoms with Crippen molar-refractivity contribution in [2.24, 2.45) is 5.41 Å². The molecule has 1 fully saturated rings. The van der Waals surface area contributed by atoms with Gasteiger partial charge in [-0.2, -0.15) is 0 Å². The molecule has 0 amide bonds. The van der Waals surface area contributed by atoms with Gasteiger partial charge in [0.05, 0.1) is 10.3 Å².